The lowest BCUT2D eigenvalue weighted by Crippen LogP contribution is -2.33. The molecule has 0 aliphatic heterocycles. The summed E-state index contributed by atoms with van der Waals surface area (Å²) in [6.07, 6.45) is -0.0854. The maximum atomic E-state index is 13.3. The van der Waals surface area contributed by atoms with Gasteiger partial charge in [0, 0.05) is 25.9 Å². The Labute approximate surface area is 127 Å². The molecule has 0 fully saturated rings. The van der Waals surface area contributed by atoms with E-state index in [0.717, 1.165) is 16.4 Å². The van der Waals surface area contributed by atoms with Gasteiger partial charge in [-0.1, -0.05) is 11.6 Å². The number of nitrogen functional groups attached to an aromatic ring is 1. The first kappa shape index (κ1) is 17.2. The summed E-state index contributed by atoms with van der Waals surface area (Å²) in [4.78, 5) is -0.348. The largest absolute Gasteiger partial charge is 0.396 e. The zero-order chi connectivity index (χ0) is 16.0. The van der Waals surface area contributed by atoms with E-state index < -0.39 is 15.8 Å². The average molecular weight is 331 g/mol. The summed E-state index contributed by atoms with van der Waals surface area (Å²) >= 11 is 5.77. The van der Waals surface area contributed by atoms with Gasteiger partial charge in [-0.2, -0.15) is 14.8 Å². The van der Waals surface area contributed by atoms with E-state index in [1.54, 1.807) is 0 Å². The molecule has 0 saturated carbocycles. The van der Waals surface area contributed by atoms with Gasteiger partial charge in [-0.05, 0) is 12.1 Å². The van der Waals surface area contributed by atoms with Crippen molar-refractivity contribution in [3.63, 3.8) is 0 Å². The van der Waals surface area contributed by atoms with Crippen LogP contribution in [-0.4, -0.2) is 25.8 Å². The number of halogens is 2. The monoisotopic (exact) mass is 330 g/mol. The number of rotatable bonds is 6. The standard InChI is InChI=1S/C12H12ClFN4O2S/c13-9-7-10(14)11(17)8-12(9)21(19,20)18(5-1-3-15)6-2-4-16/h7-8H,1-2,5-6,17H2. The predicted molar refractivity (Wildman–Crippen MR) is 75.0 cm³/mol. The van der Waals surface area contributed by atoms with Gasteiger partial charge in [-0.25, -0.2) is 12.8 Å². The molecule has 1 rings (SSSR count). The van der Waals surface area contributed by atoms with Gasteiger partial charge in [-0.3, -0.25) is 0 Å². The smallest absolute Gasteiger partial charge is 0.244 e. The number of hydrogen-bond acceptors (Lipinski definition) is 5. The lowest BCUT2D eigenvalue weighted by molar-refractivity contribution is 0.425. The number of nitrogens with two attached hydrogens (primary N) is 1. The molecular weight excluding hydrogens is 319 g/mol. The van der Waals surface area contributed by atoms with Crippen molar-refractivity contribution in [2.24, 2.45) is 0 Å². The van der Waals surface area contributed by atoms with E-state index in [9.17, 15) is 12.8 Å². The Kier molecular flexibility index (Phi) is 5.91. The fourth-order valence-corrected chi connectivity index (χ4v) is 3.55. The van der Waals surface area contributed by atoms with Crippen molar-refractivity contribution < 1.29 is 12.8 Å². The number of sulfonamides is 1. The highest BCUT2D eigenvalue weighted by molar-refractivity contribution is 7.89. The number of benzene rings is 1. The van der Waals surface area contributed by atoms with Gasteiger partial charge in [0.2, 0.25) is 10.0 Å². The van der Waals surface area contributed by atoms with E-state index in [1.165, 1.54) is 0 Å². The van der Waals surface area contributed by atoms with Crippen LogP contribution in [0.3, 0.4) is 0 Å². The molecule has 0 radical (unpaired) electrons. The van der Waals surface area contributed by atoms with Crippen LogP contribution in [0.1, 0.15) is 12.8 Å². The first-order chi connectivity index (χ1) is 9.84. The Morgan fingerprint density at radius 1 is 1.24 bits per heavy atom. The van der Waals surface area contributed by atoms with Gasteiger partial charge >= 0.3 is 0 Å². The van der Waals surface area contributed by atoms with Gasteiger partial charge in [0.25, 0.3) is 0 Å². The Morgan fingerprint density at radius 2 is 1.76 bits per heavy atom. The first-order valence-electron chi connectivity index (χ1n) is 5.83. The molecule has 2 N–H and O–H groups in total. The van der Waals surface area contributed by atoms with Crippen LogP contribution in [0.5, 0.6) is 0 Å². The first-order valence-corrected chi connectivity index (χ1v) is 7.65. The van der Waals surface area contributed by atoms with E-state index in [2.05, 4.69) is 0 Å². The van der Waals surface area contributed by atoms with Crippen molar-refractivity contribution in [3.8, 4) is 12.1 Å². The summed E-state index contributed by atoms with van der Waals surface area (Å²) in [7, 11) is -4.06. The minimum atomic E-state index is -4.06. The average Bonchev–Trinajstić information content (AvgIpc) is 2.42. The normalized spacial score (nSPS) is 11.1. The summed E-state index contributed by atoms with van der Waals surface area (Å²) in [5, 5.41) is 16.9. The fourth-order valence-electron chi connectivity index (χ4n) is 1.58. The molecule has 6 nitrogen and oxygen atoms in total. The van der Waals surface area contributed by atoms with Crippen LogP contribution in [0.25, 0.3) is 0 Å². The molecule has 0 bridgehead atoms. The zero-order valence-electron chi connectivity index (χ0n) is 10.9. The second-order valence-corrected chi connectivity index (χ2v) is 6.34. The molecule has 112 valence electrons. The second-order valence-electron chi connectivity index (χ2n) is 4.02. The lowest BCUT2D eigenvalue weighted by atomic mass is 10.3. The van der Waals surface area contributed by atoms with Crippen molar-refractivity contribution in [1.29, 1.82) is 10.5 Å². The predicted octanol–water partition coefficient (Wildman–Crippen LogP) is 1.88. The summed E-state index contributed by atoms with van der Waals surface area (Å²) in [6.45, 7) is -0.178. The van der Waals surface area contributed by atoms with Crippen LogP contribution in [0.15, 0.2) is 17.0 Å². The highest BCUT2D eigenvalue weighted by atomic mass is 35.5. The molecule has 0 aliphatic carbocycles. The molecule has 0 unspecified atom stereocenters. The molecule has 1 aromatic rings. The third-order valence-corrected chi connectivity index (χ3v) is 4.98. The second kappa shape index (κ2) is 7.23. The molecule has 0 aliphatic rings. The van der Waals surface area contributed by atoms with E-state index >= 15 is 0 Å². The van der Waals surface area contributed by atoms with Gasteiger partial charge in [0.1, 0.15) is 10.7 Å². The van der Waals surface area contributed by atoms with Gasteiger partial charge in [0.15, 0.2) is 0 Å². The van der Waals surface area contributed by atoms with Gasteiger partial charge < -0.3 is 5.73 Å². The zero-order valence-corrected chi connectivity index (χ0v) is 12.5. The van der Waals surface area contributed by atoms with E-state index in [1.807, 2.05) is 12.1 Å². The molecule has 0 spiro atoms. The molecule has 1 aromatic carbocycles. The summed E-state index contributed by atoms with van der Waals surface area (Å²) in [6, 6.07) is 5.40. The Hall–Kier alpha value is -1.87. The number of anilines is 1. The summed E-state index contributed by atoms with van der Waals surface area (Å²) in [5.41, 5.74) is 5.02. The highest BCUT2D eigenvalue weighted by Gasteiger charge is 2.27. The minimum Gasteiger partial charge on any atom is -0.396 e. The van der Waals surface area contributed by atoms with Crippen LogP contribution in [0, 0.1) is 28.5 Å². The lowest BCUT2D eigenvalue weighted by Gasteiger charge is -2.21. The van der Waals surface area contributed by atoms with Crippen molar-refractivity contribution >= 4 is 27.3 Å². The van der Waals surface area contributed by atoms with Gasteiger partial charge in [0.05, 0.1) is 22.8 Å². The van der Waals surface area contributed by atoms with Gasteiger partial charge in [-0.15, -0.1) is 0 Å². The topological polar surface area (TPSA) is 111 Å². The molecule has 21 heavy (non-hydrogen) atoms. The summed E-state index contributed by atoms with van der Waals surface area (Å²) < 4.78 is 39.2. The third kappa shape index (κ3) is 4.05. The van der Waals surface area contributed by atoms with Crippen LogP contribution in [0.4, 0.5) is 10.1 Å². The molecule has 0 saturated heterocycles. The molecule has 0 aromatic heterocycles. The fraction of sp³-hybridized carbons (Fsp3) is 0.333. The SMILES string of the molecule is N#CCCN(CCC#N)S(=O)(=O)c1cc(N)c(F)cc1Cl. The maximum absolute atomic E-state index is 13.3. The Bertz CT molecular complexity index is 691. The van der Waals surface area contributed by atoms with Crippen molar-refractivity contribution in [1.82, 2.24) is 4.31 Å². The number of nitrogens with zero attached hydrogens (tertiary/aromatic N) is 3. The van der Waals surface area contributed by atoms with E-state index in [4.69, 9.17) is 27.9 Å². The third-order valence-electron chi connectivity index (χ3n) is 2.62. The van der Waals surface area contributed by atoms with E-state index in [-0.39, 0.29) is 41.5 Å². The number of nitriles is 2. The molecule has 0 amide bonds. The summed E-state index contributed by atoms with van der Waals surface area (Å²) in [5.74, 6) is -0.820. The molecule has 0 atom stereocenters. The maximum Gasteiger partial charge on any atom is 0.244 e. The Balaban J connectivity index is 3.25. The molecular formula is C12H12ClFN4O2S. The highest BCUT2D eigenvalue weighted by Crippen LogP contribution is 2.29. The minimum absolute atomic E-state index is 0.0427. The van der Waals surface area contributed by atoms with Crippen LogP contribution < -0.4 is 5.73 Å². The molecule has 9 heteroatoms. The van der Waals surface area contributed by atoms with Crippen LogP contribution >= 0.6 is 11.6 Å². The van der Waals surface area contributed by atoms with Crippen molar-refractivity contribution in [2.75, 3.05) is 18.8 Å². The van der Waals surface area contributed by atoms with Crippen LogP contribution in [0.2, 0.25) is 5.02 Å². The molecule has 0 heterocycles. The van der Waals surface area contributed by atoms with Crippen LogP contribution in [-0.2, 0) is 10.0 Å². The van der Waals surface area contributed by atoms with E-state index in [0.29, 0.717) is 0 Å². The number of hydrogen-bond donors (Lipinski definition) is 1. The Morgan fingerprint density at radius 3 is 2.24 bits per heavy atom. The quantitative estimate of drug-likeness (QED) is 0.800. The van der Waals surface area contributed by atoms with Crippen molar-refractivity contribution in [2.45, 2.75) is 17.7 Å². The van der Waals surface area contributed by atoms with Crippen molar-refractivity contribution in [3.05, 3.63) is 23.0 Å².